The molecule has 0 aromatic heterocycles. The minimum atomic E-state index is -0.985. The molecule has 4 heteroatoms. The minimum Gasteiger partial charge on any atom is -0.478 e. The van der Waals surface area contributed by atoms with Gasteiger partial charge in [-0.2, -0.15) is 0 Å². The summed E-state index contributed by atoms with van der Waals surface area (Å²) in [4.78, 5) is 11.7. The Morgan fingerprint density at radius 1 is 1.50 bits per heavy atom. The molecule has 0 saturated heterocycles. The van der Waals surface area contributed by atoms with E-state index in [9.17, 15) is 4.79 Å². The van der Waals surface area contributed by atoms with Gasteiger partial charge in [-0.15, -0.1) is 11.8 Å². The molecule has 0 amide bonds. The Hall–Kier alpha value is -0.670. The molecule has 1 rings (SSSR count). The van der Waals surface area contributed by atoms with Crippen molar-refractivity contribution >= 4 is 29.3 Å². The van der Waals surface area contributed by atoms with Crippen LogP contribution in [0.25, 0.3) is 0 Å². The summed E-state index contributed by atoms with van der Waals surface area (Å²) in [6, 6.07) is 5.06. The van der Waals surface area contributed by atoms with Crippen LogP contribution in [-0.4, -0.2) is 16.3 Å². The lowest BCUT2D eigenvalue weighted by molar-refractivity contribution is 0.0697. The Labute approximate surface area is 92.3 Å². The Morgan fingerprint density at radius 3 is 2.64 bits per heavy atom. The quantitative estimate of drug-likeness (QED) is 0.807. The number of carboxylic acids is 1. The fourth-order valence-electron chi connectivity index (χ4n) is 1.01. The van der Waals surface area contributed by atoms with E-state index in [0.717, 1.165) is 4.90 Å². The summed E-state index contributed by atoms with van der Waals surface area (Å²) in [5, 5.41) is 9.54. The van der Waals surface area contributed by atoms with Crippen molar-refractivity contribution in [1.82, 2.24) is 0 Å². The standard InChI is InChI=1S/C10H11ClO2S/c1-6(2)14-7-3-4-9(11)8(5-7)10(12)13/h3-6H,1-2H3,(H,12,13). The first-order valence-corrected chi connectivity index (χ1v) is 5.46. The molecular formula is C10H11ClO2S. The fraction of sp³-hybridized carbons (Fsp3) is 0.300. The molecule has 1 N–H and O–H groups in total. The monoisotopic (exact) mass is 230 g/mol. The third kappa shape index (κ3) is 2.93. The minimum absolute atomic E-state index is 0.164. The normalized spacial score (nSPS) is 10.6. The largest absolute Gasteiger partial charge is 0.478 e. The van der Waals surface area contributed by atoms with Crippen LogP contribution in [0.15, 0.2) is 23.1 Å². The van der Waals surface area contributed by atoms with Crippen LogP contribution in [0, 0.1) is 0 Å². The van der Waals surface area contributed by atoms with Crippen molar-refractivity contribution in [3.05, 3.63) is 28.8 Å². The van der Waals surface area contributed by atoms with E-state index in [1.54, 1.807) is 23.9 Å². The number of aromatic carboxylic acids is 1. The second kappa shape index (κ2) is 4.71. The first kappa shape index (κ1) is 11.4. The average molecular weight is 231 g/mol. The van der Waals surface area contributed by atoms with Gasteiger partial charge in [0.2, 0.25) is 0 Å². The van der Waals surface area contributed by atoms with E-state index in [1.807, 2.05) is 6.07 Å². The highest BCUT2D eigenvalue weighted by Gasteiger charge is 2.09. The van der Waals surface area contributed by atoms with Crippen molar-refractivity contribution in [1.29, 1.82) is 0 Å². The van der Waals surface area contributed by atoms with Gasteiger partial charge in [0.15, 0.2) is 0 Å². The number of carbonyl (C=O) groups is 1. The molecule has 0 atom stereocenters. The molecule has 0 spiro atoms. The first-order chi connectivity index (χ1) is 6.50. The van der Waals surface area contributed by atoms with Gasteiger partial charge in [-0.05, 0) is 18.2 Å². The summed E-state index contributed by atoms with van der Waals surface area (Å²) < 4.78 is 0. The first-order valence-electron chi connectivity index (χ1n) is 4.20. The smallest absolute Gasteiger partial charge is 0.337 e. The van der Waals surface area contributed by atoms with E-state index >= 15 is 0 Å². The Bertz CT molecular complexity index is 350. The summed E-state index contributed by atoms with van der Waals surface area (Å²) >= 11 is 7.35. The summed E-state index contributed by atoms with van der Waals surface area (Å²) in [7, 11) is 0. The highest BCUT2D eigenvalue weighted by Crippen LogP contribution is 2.27. The molecule has 0 aliphatic rings. The van der Waals surface area contributed by atoms with Crippen molar-refractivity contribution in [2.75, 3.05) is 0 Å². The molecular weight excluding hydrogens is 220 g/mol. The van der Waals surface area contributed by atoms with Crippen LogP contribution in [0.1, 0.15) is 24.2 Å². The zero-order valence-corrected chi connectivity index (χ0v) is 9.52. The molecule has 0 fully saturated rings. The number of hydrogen-bond acceptors (Lipinski definition) is 2. The average Bonchev–Trinajstić information content (AvgIpc) is 2.07. The number of hydrogen-bond donors (Lipinski definition) is 1. The van der Waals surface area contributed by atoms with Gasteiger partial charge in [-0.1, -0.05) is 25.4 Å². The summed E-state index contributed by atoms with van der Waals surface area (Å²) in [5.74, 6) is -0.985. The topological polar surface area (TPSA) is 37.3 Å². The summed E-state index contributed by atoms with van der Waals surface area (Å²) in [6.07, 6.45) is 0. The van der Waals surface area contributed by atoms with E-state index in [1.165, 1.54) is 0 Å². The number of benzene rings is 1. The van der Waals surface area contributed by atoms with Crippen LogP contribution in [0.2, 0.25) is 5.02 Å². The van der Waals surface area contributed by atoms with Crippen LogP contribution < -0.4 is 0 Å². The SMILES string of the molecule is CC(C)Sc1ccc(Cl)c(C(=O)O)c1. The van der Waals surface area contributed by atoms with Crippen LogP contribution >= 0.6 is 23.4 Å². The van der Waals surface area contributed by atoms with Crippen molar-refractivity contribution < 1.29 is 9.90 Å². The van der Waals surface area contributed by atoms with Crippen LogP contribution in [0.5, 0.6) is 0 Å². The third-order valence-corrected chi connectivity index (χ3v) is 2.87. The van der Waals surface area contributed by atoms with Gasteiger partial charge in [-0.25, -0.2) is 4.79 Å². The van der Waals surface area contributed by atoms with Gasteiger partial charge in [0, 0.05) is 10.1 Å². The second-order valence-corrected chi connectivity index (χ2v) is 5.17. The van der Waals surface area contributed by atoms with Gasteiger partial charge in [0.25, 0.3) is 0 Å². The molecule has 1 aromatic rings. The maximum atomic E-state index is 10.8. The van der Waals surface area contributed by atoms with Gasteiger partial charge in [0.1, 0.15) is 0 Å². The molecule has 0 heterocycles. The summed E-state index contributed by atoms with van der Waals surface area (Å²) in [5.41, 5.74) is 0.164. The van der Waals surface area contributed by atoms with Gasteiger partial charge in [0.05, 0.1) is 10.6 Å². The predicted octanol–water partition coefficient (Wildman–Crippen LogP) is 3.54. The Balaban J connectivity index is 3.00. The van der Waals surface area contributed by atoms with E-state index in [0.29, 0.717) is 5.25 Å². The molecule has 0 radical (unpaired) electrons. The second-order valence-electron chi connectivity index (χ2n) is 3.11. The zero-order valence-electron chi connectivity index (χ0n) is 7.95. The summed E-state index contributed by atoms with van der Waals surface area (Å²) in [6.45, 7) is 4.11. The molecule has 2 nitrogen and oxygen atoms in total. The van der Waals surface area contributed by atoms with Gasteiger partial charge < -0.3 is 5.11 Å². The number of rotatable bonds is 3. The van der Waals surface area contributed by atoms with Crippen molar-refractivity contribution in [3.8, 4) is 0 Å². The van der Waals surface area contributed by atoms with Crippen molar-refractivity contribution in [2.45, 2.75) is 24.0 Å². The number of carboxylic acid groups (broad SMARTS) is 1. The number of thioether (sulfide) groups is 1. The lowest BCUT2D eigenvalue weighted by atomic mass is 10.2. The number of halogens is 1. The molecule has 0 unspecified atom stereocenters. The molecule has 14 heavy (non-hydrogen) atoms. The van der Waals surface area contributed by atoms with E-state index in [4.69, 9.17) is 16.7 Å². The molecule has 0 aliphatic heterocycles. The fourth-order valence-corrected chi connectivity index (χ4v) is 2.09. The zero-order chi connectivity index (χ0) is 10.7. The molecule has 0 bridgehead atoms. The molecule has 1 aromatic carbocycles. The van der Waals surface area contributed by atoms with Crippen molar-refractivity contribution in [2.24, 2.45) is 0 Å². The van der Waals surface area contributed by atoms with E-state index in [-0.39, 0.29) is 10.6 Å². The van der Waals surface area contributed by atoms with Gasteiger partial charge >= 0.3 is 5.97 Å². The highest BCUT2D eigenvalue weighted by molar-refractivity contribution is 7.99. The maximum absolute atomic E-state index is 10.8. The van der Waals surface area contributed by atoms with Gasteiger partial charge in [-0.3, -0.25) is 0 Å². The van der Waals surface area contributed by atoms with Crippen LogP contribution in [0.4, 0.5) is 0 Å². The Morgan fingerprint density at radius 2 is 2.14 bits per heavy atom. The lowest BCUT2D eigenvalue weighted by Crippen LogP contribution is -1.98. The molecule has 0 aliphatic carbocycles. The van der Waals surface area contributed by atoms with Crippen LogP contribution in [-0.2, 0) is 0 Å². The molecule has 76 valence electrons. The third-order valence-electron chi connectivity index (χ3n) is 1.54. The maximum Gasteiger partial charge on any atom is 0.337 e. The van der Waals surface area contributed by atoms with E-state index in [2.05, 4.69) is 13.8 Å². The van der Waals surface area contributed by atoms with Crippen LogP contribution in [0.3, 0.4) is 0 Å². The predicted molar refractivity (Wildman–Crippen MR) is 59.4 cm³/mol. The highest BCUT2D eigenvalue weighted by atomic mass is 35.5. The lowest BCUT2D eigenvalue weighted by Gasteiger charge is -2.06. The molecule has 0 saturated carbocycles. The van der Waals surface area contributed by atoms with Crippen molar-refractivity contribution in [3.63, 3.8) is 0 Å². The Kier molecular flexibility index (Phi) is 3.84. The van der Waals surface area contributed by atoms with E-state index < -0.39 is 5.97 Å².